The molecule has 0 atom stereocenters. The predicted molar refractivity (Wildman–Crippen MR) is 78.3 cm³/mol. The van der Waals surface area contributed by atoms with Crippen molar-refractivity contribution in [1.82, 2.24) is 0 Å². The van der Waals surface area contributed by atoms with Crippen molar-refractivity contribution in [2.45, 2.75) is 6.42 Å². The maximum atomic E-state index is 11.0. The monoisotopic (exact) mass is 297 g/mol. The third-order valence-electron chi connectivity index (χ3n) is 2.35. The highest BCUT2D eigenvalue weighted by Crippen LogP contribution is 2.28. The van der Waals surface area contributed by atoms with Crippen LogP contribution in [0.1, 0.15) is 12.0 Å². The molecule has 0 radical (unpaired) electrons. The van der Waals surface area contributed by atoms with Crippen LogP contribution < -0.4 is 4.74 Å². The molecule has 0 heterocycles. The molecule has 0 saturated heterocycles. The maximum absolute atomic E-state index is 11.0. The average molecular weight is 297 g/mol. The van der Waals surface area contributed by atoms with Crippen molar-refractivity contribution in [3.63, 3.8) is 0 Å². The molecule has 6 nitrogen and oxygen atoms in total. The second kappa shape index (κ2) is 8.21. The summed E-state index contributed by atoms with van der Waals surface area (Å²) in [6.07, 6.45) is 5.01. The van der Waals surface area contributed by atoms with Gasteiger partial charge >= 0.3 is 11.7 Å². The van der Waals surface area contributed by atoms with Gasteiger partial charge in [-0.1, -0.05) is 6.07 Å². The smallest absolute Gasteiger partial charge is 0.328 e. The van der Waals surface area contributed by atoms with Crippen molar-refractivity contribution >= 4 is 29.5 Å². The maximum Gasteiger partial charge on any atom is 0.328 e. The van der Waals surface area contributed by atoms with Crippen LogP contribution in [0.2, 0.25) is 0 Å². The number of ether oxygens (including phenoxy) is 1. The van der Waals surface area contributed by atoms with Crippen LogP contribution in [0.5, 0.6) is 5.75 Å². The van der Waals surface area contributed by atoms with Gasteiger partial charge in [0.1, 0.15) is 0 Å². The van der Waals surface area contributed by atoms with Crippen molar-refractivity contribution in [3.05, 3.63) is 40.0 Å². The topological polar surface area (TPSA) is 89.7 Å². The Morgan fingerprint density at radius 3 is 2.90 bits per heavy atom. The fourth-order valence-electron chi connectivity index (χ4n) is 1.46. The molecule has 0 aliphatic carbocycles. The molecule has 0 spiro atoms. The van der Waals surface area contributed by atoms with Gasteiger partial charge in [-0.15, -0.1) is 0 Å². The van der Waals surface area contributed by atoms with Crippen molar-refractivity contribution < 1.29 is 19.6 Å². The van der Waals surface area contributed by atoms with Gasteiger partial charge in [0.15, 0.2) is 5.75 Å². The first kappa shape index (κ1) is 16.0. The Bertz CT molecular complexity index is 515. The number of nitrogens with zero attached hydrogens (tertiary/aromatic N) is 1. The van der Waals surface area contributed by atoms with E-state index in [-0.39, 0.29) is 11.4 Å². The molecule has 1 aromatic rings. The molecular weight excluding hydrogens is 282 g/mol. The molecule has 0 unspecified atom stereocenters. The predicted octanol–water partition coefficient (Wildman–Crippen LogP) is 2.82. The van der Waals surface area contributed by atoms with E-state index in [0.29, 0.717) is 12.2 Å². The van der Waals surface area contributed by atoms with E-state index in [1.807, 2.05) is 6.26 Å². The van der Waals surface area contributed by atoms with Crippen LogP contribution in [0.4, 0.5) is 5.69 Å². The molecule has 1 N–H and O–H groups in total. The Hall–Kier alpha value is -2.02. The number of aliphatic carboxylic acids is 1. The summed E-state index contributed by atoms with van der Waals surface area (Å²) in [6.45, 7) is 0.409. The minimum absolute atomic E-state index is 0.165. The fraction of sp³-hybridized carbons (Fsp3) is 0.308. The Labute approximate surface area is 120 Å². The highest BCUT2D eigenvalue weighted by Gasteiger charge is 2.15. The van der Waals surface area contributed by atoms with Gasteiger partial charge < -0.3 is 9.84 Å². The summed E-state index contributed by atoms with van der Waals surface area (Å²) >= 11 is 1.68. The molecular formula is C13H15NO5S. The summed E-state index contributed by atoms with van der Waals surface area (Å²) in [5.74, 6) is 0.0152. The lowest BCUT2D eigenvalue weighted by atomic mass is 10.1. The Morgan fingerprint density at radius 1 is 1.55 bits per heavy atom. The van der Waals surface area contributed by atoms with Gasteiger partial charge in [0.05, 0.1) is 11.5 Å². The molecule has 1 rings (SSSR count). The van der Waals surface area contributed by atoms with E-state index in [0.717, 1.165) is 18.2 Å². The Morgan fingerprint density at radius 2 is 2.30 bits per heavy atom. The van der Waals surface area contributed by atoms with Crippen LogP contribution in [0.25, 0.3) is 6.08 Å². The summed E-state index contributed by atoms with van der Waals surface area (Å²) in [5, 5.41) is 19.5. The number of carbonyl (C=O) groups is 1. The number of hydrogen-bond donors (Lipinski definition) is 1. The van der Waals surface area contributed by atoms with Crippen molar-refractivity contribution in [2.24, 2.45) is 0 Å². The van der Waals surface area contributed by atoms with Crippen molar-refractivity contribution in [2.75, 3.05) is 18.6 Å². The third kappa shape index (κ3) is 5.31. The molecule has 0 aliphatic rings. The highest BCUT2D eigenvalue weighted by molar-refractivity contribution is 7.98. The third-order valence-corrected chi connectivity index (χ3v) is 3.05. The van der Waals surface area contributed by atoms with Crippen LogP contribution in [-0.4, -0.2) is 34.6 Å². The Balaban J connectivity index is 2.85. The standard InChI is InChI=1S/C13H15NO5S/c1-20-8-2-7-19-12-5-3-10(4-6-13(15)16)9-11(12)14(17)18/h3-6,9H,2,7-8H2,1H3,(H,15,16)/b6-4+. The minimum Gasteiger partial charge on any atom is -0.487 e. The first-order valence-corrected chi connectivity index (χ1v) is 7.25. The Kier molecular flexibility index (Phi) is 6.58. The molecule has 0 aliphatic heterocycles. The number of carboxylic acids is 1. The average Bonchev–Trinajstić information content (AvgIpc) is 2.41. The molecule has 0 bridgehead atoms. The largest absolute Gasteiger partial charge is 0.487 e. The van der Waals surface area contributed by atoms with E-state index in [2.05, 4.69) is 0 Å². The van der Waals surface area contributed by atoms with E-state index >= 15 is 0 Å². The zero-order valence-electron chi connectivity index (χ0n) is 10.9. The van der Waals surface area contributed by atoms with Gasteiger partial charge in [-0.25, -0.2) is 4.79 Å². The first-order valence-electron chi connectivity index (χ1n) is 5.85. The van der Waals surface area contributed by atoms with Gasteiger partial charge in [0.25, 0.3) is 0 Å². The summed E-state index contributed by atoms with van der Waals surface area (Å²) < 4.78 is 5.39. The second-order valence-electron chi connectivity index (χ2n) is 3.85. The van der Waals surface area contributed by atoms with E-state index in [1.54, 1.807) is 17.8 Å². The number of hydrogen-bond acceptors (Lipinski definition) is 5. The van der Waals surface area contributed by atoms with Crippen LogP contribution >= 0.6 is 11.8 Å². The normalized spacial score (nSPS) is 10.7. The second-order valence-corrected chi connectivity index (χ2v) is 4.84. The van der Waals surface area contributed by atoms with Crippen molar-refractivity contribution in [3.8, 4) is 5.75 Å². The van der Waals surface area contributed by atoms with Gasteiger partial charge in [0, 0.05) is 12.1 Å². The summed E-state index contributed by atoms with van der Waals surface area (Å²) in [4.78, 5) is 20.9. The quantitative estimate of drug-likeness (QED) is 0.343. The van der Waals surface area contributed by atoms with Crippen LogP contribution in [0.15, 0.2) is 24.3 Å². The molecule has 0 saturated carbocycles. The van der Waals surface area contributed by atoms with E-state index < -0.39 is 10.9 Å². The fourth-order valence-corrected chi connectivity index (χ4v) is 1.86. The van der Waals surface area contributed by atoms with E-state index in [4.69, 9.17) is 9.84 Å². The molecule has 0 amide bonds. The number of thioether (sulfide) groups is 1. The van der Waals surface area contributed by atoms with E-state index in [1.165, 1.54) is 18.2 Å². The van der Waals surface area contributed by atoms with Gasteiger partial charge in [-0.3, -0.25) is 10.1 Å². The molecule has 108 valence electrons. The first-order chi connectivity index (χ1) is 9.54. The van der Waals surface area contributed by atoms with Gasteiger partial charge in [-0.05, 0) is 36.1 Å². The number of carboxylic acid groups (broad SMARTS) is 1. The summed E-state index contributed by atoms with van der Waals surface area (Å²) in [5.41, 5.74) is 0.275. The van der Waals surface area contributed by atoms with Crippen LogP contribution in [0.3, 0.4) is 0 Å². The number of rotatable bonds is 8. The summed E-state index contributed by atoms with van der Waals surface area (Å²) in [6, 6.07) is 4.36. The van der Waals surface area contributed by atoms with Gasteiger partial charge in [-0.2, -0.15) is 11.8 Å². The van der Waals surface area contributed by atoms with Gasteiger partial charge in [0.2, 0.25) is 0 Å². The van der Waals surface area contributed by atoms with Crippen LogP contribution in [-0.2, 0) is 4.79 Å². The molecule has 0 fully saturated rings. The molecule has 0 aromatic heterocycles. The number of nitro groups is 1. The molecule has 1 aromatic carbocycles. The minimum atomic E-state index is -1.11. The summed E-state index contributed by atoms with van der Waals surface area (Å²) in [7, 11) is 0. The number of benzene rings is 1. The molecule has 7 heteroatoms. The van der Waals surface area contributed by atoms with Crippen molar-refractivity contribution in [1.29, 1.82) is 0 Å². The number of nitro benzene ring substituents is 1. The molecule has 20 heavy (non-hydrogen) atoms. The van der Waals surface area contributed by atoms with E-state index in [9.17, 15) is 14.9 Å². The SMILES string of the molecule is CSCCCOc1ccc(/C=C/C(=O)O)cc1[N+](=O)[O-]. The zero-order chi connectivity index (χ0) is 15.0. The van der Waals surface area contributed by atoms with Crippen LogP contribution in [0, 0.1) is 10.1 Å². The lowest BCUT2D eigenvalue weighted by Gasteiger charge is -2.06. The highest BCUT2D eigenvalue weighted by atomic mass is 32.2. The lowest BCUT2D eigenvalue weighted by molar-refractivity contribution is -0.385. The lowest BCUT2D eigenvalue weighted by Crippen LogP contribution is -2.01. The zero-order valence-corrected chi connectivity index (χ0v) is 11.8.